The number of nitrogens with zero attached hydrogens (tertiary/aromatic N) is 3. The van der Waals surface area contributed by atoms with Crippen molar-refractivity contribution in [2.24, 2.45) is 0 Å². The zero-order valence-electron chi connectivity index (χ0n) is 18.5. The van der Waals surface area contributed by atoms with E-state index < -0.39 is 20.5 Å². The molecule has 0 spiro atoms. The highest BCUT2D eigenvalue weighted by atomic mass is 28.4. The second-order valence-corrected chi connectivity index (χ2v) is 14.0. The number of β-lactam (4-membered cyclic amide) rings is 1. The molecule has 1 saturated heterocycles. The van der Waals surface area contributed by atoms with Gasteiger partial charge in [-0.05, 0) is 41.2 Å². The monoisotopic (exact) mass is 405 g/mol. The third-order valence-electron chi connectivity index (χ3n) is 6.14. The Labute approximate surface area is 170 Å². The van der Waals surface area contributed by atoms with E-state index in [2.05, 4.69) is 46.5 Å². The number of carbonyl (C=O) groups is 2. The van der Waals surface area contributed by atoms with E-state index in [9.17, 15) is 9.59 Å². The molecule has 0 saturated carbocycles. The lowest BCUT2D eigenvalue weighted by Gasteiger charge is -2.52. The lowest BCUT2D eigenvalue weighted by atomic mass is 9.92. The van der Waals surface area contributed by atoms with Gasteiger partial charge < -0.3 is 9.33 Å². The van der Waals surface area contributed by atoms with Gasteiger partial charge in [0.15, 0.2) is 6.10 Å². The molecular formula is C21H35N3O3Si. The van der Waals surface area contributed by atoms with Gasteiger partial charge in [0.05, 0.1) is 0 Å². The molecule has 0 aromatic carbocycles. The summed E-state index contributed by atoms with van der Waals surface area (Å²) in [5.41, 5.74) is 1.97. The van der Waals surface area contributed by atoms with Crippen LogP contribution in [0, 0.1) is 0 Å². The lowest BCUT2D eigenvalue weighted by Crippen LogP contribution is -2.67. The maximum atomic E-state index is 13.1. The van der Waals surface area contributed by atoms with E-state index in [1.807, 2.05) is 19.1 Å². The topological polar surface area (TPSA) is 62.7 Å². The van der Waals surface area contributed by atoms with Crippen LogP contribution in [0.5, 0.6) is 0 Å². The normalized spacial score (nSPS) is 20.1. The minimum Gasteiger partial charge on any atom is -0.402 e. The average Bonchev–Trinajstić information content (AvgIpc) is 2.65. The van der Waals surface area contributed by atoms with Gasteiger partial charge in [0, 0.05) is 26.0 Å². The summed E-state index contributed by atoms with van der Waals surface area (Å²) in [4.78, 5) is 32.9. The molecule has 7 heteroatoms. The molecule has 0 bridgehead atoms. The second-order valence-electron chi connectivity index (χ2n) is 8.59. The zero-order valence-corrected chi connectivity index (χ0v) is 19.5. The quantitative estimate of drug-likeness (QED) is 0.491. The van der Waals surface area contributed by atoms with Crippen molar-refractivity contribution < 1.29 is 14.0 Å². The van der Waals surface area contributed by atoms with E-state index >= 15 is 0 Å². The number of imide groups is 1. The molecule has 2 atom stereocenters. The fourth-order valence-electron chi connectivity index (χ4n) is 4.62. The van der Waals surface area contributed by atoms with Gasteiger partial charge in [0.1, 0.15) is 6.04 Å². The first-order valence-corrected chi connectivity index (χ1v) is 12.4. The van der Waals surface area contributed by atoms with Gasteiger partial charge in [-0.3, -0.25) is 14.7 Å². The Morgan fingerprint density at radius 3 is 2.07 bits per heavy atom. The van der Waals surface area contributed by atoms with Crippen molar-refractivity contribution in [3.05, 3.63) is 30.1 Å². The standard InChI is InChI=1S/C21H35N3O3Si/c1-9-23(8)21(26)24-18(17-10-12-22-13-11-17)19(20(24)25)27-28(14(2)3,15(4)5)16(6)7/h10-16,18-19H,9H2,1-8H3/t18-,19+/m0/s1. The van der Waals surface area contributed by atoms with Gasteiger partial charge in [-0.15, -0.1) is 0 Å². The summed E-state index contributed by atoms with van der Waals surface area (Å²) in [7, 11) is -0.554. The Hall–Kier alpha value is -1.73. The van der Waals surface area contributed by atoms with E-state index in [-0.39, 0.29) is 11.9 Å². The summed E-state index contributed by atoms with van der Waals surface area (Å²) >= 11 is 0. The van der Waals surface area contributed by atoms with Crippen LogP contribution in [-0.4, -0.2) is 54.7 Å². The molecule has 28 heavy (non-hydrogen) atoms. The first kappa shape index (κ1) is 22.6. The molecule has 0 N–H and O–H groups in total. The Bertz CT molecular complexity index is 672. The summed E-state index contributed by atoms with van der Waals surface area (Å²) < 4.78 is 6.79. The number of urea groups is 1. The zero-order chi connectivity index (χ0) is 21.2. The molecule has 0 radical (unpaired) electrons. The number of rotatable bonds is 7. The van der Waals surface area contributed by atoms with Gasteiger partial charge >= 0.3 is 6.03 Å². The van der Waals surface area contributed by atoms with Crippen molar-refractivity contribution in [2.75, 3.05) is 13.6 Å². The maximum Gasteiger partial charge on any atom is 0.327 e. The Morgan fingerprint density at radius 2 is 1.64 bits per heavy atom. The van der Waals surface area contributed by atoms with Gasteiger partial charge in [-0.25, -0.2) is 4.79 Å². The van der Waals surface area contributed by atoms with Gasteiger partial charge in [-0.2, -0.15) is 0 Å². The highest BCUT2D eigenvalue weighted by Crippen LogP contribution is 2.47. The van der Waals surface area contributed by atoms with Crippen LogP contribution in [0.15, 0.2) is 24.5 Å². The van der Waals surface area contributed by atoms with Crippen LogP contribution in [0.2, 0.25) is 16.6 Å². The molecule has 1 aliphatic heterocycles. The molecule has 0 aliphatic carbocycles. The number of hydrogen-bond donors (Lipinski definition) is 0. The molecule has 3 amide bonds. The Morgan fingerprint density at radius 1 is 1.14 bits per heavy atom. The molecule has 1 aliphatic rings. The van der Waals surface area contributed by atoms with Crippen LogP contribution in [0.1, 0.15) is 60.1 Å². The largest absolute Gasteiger partial charge is 0.402 e. The van der Waals surface area contributed by atoms with Gasteiger partial charge in [-0.1, -0.05) is 41.5 Å². The van der Waals surface area contributed by atoms with Crippen LogP contribution in [0.4, 0.5) is 4.79 Å². The van der Waals surface area contributed by atoms with Crippen molar-refractivity contribution in [3.8, 4) is 0 Å². The molecule has 2 heterocycles. The number of hydrogen-bond acceptors (Lipinski definition) is 4. The number of pyridine rings is 1. The van der Waals surface area contributed by atoms with Crippen molar-refractivity contribution in [2.45, 2.75) is 77.2 Å². The van der Waals surface area contributed by atoms with Crippen LogP contribution in [-0.2, 0) is 9.22 Å². The van der Waals surface area contributed by atoms with E-state index in [1.54, 1.807) is 24.3 Å². The van der Waals surface area contributed by atoms with Crippen LogP contribution in [0.25, 0.3) is 0 Å². The highest BCUT2D eigenvalue weighted by Gasteiger charge is 2.58. The highest BCUT2D eigenvalue weighted by molar-refractivity contribution is 6.77. The first-order chi connectivity index (χ1) is 13.1. The van der Waals surface area contributed by atoms with E-state index in [4.69, 9.17) is 4.43 Å². The van der Waals surface area contributed by atoms with Crippen molar-refractivity contribution in [3.63, 3.8) is 0 Å². The molecule has 0 unspecified atom stereocenters. The summed E-state index contributed by atoms with van der Waals surface area (Å²) in [6.45, 7) is 15.6. The van der Waals surface area contributed by atoms with Gasteiger partial charge in [0.2, 0.25) is 8.32 Å². The summed E-state index contributed by atoms with van der Waals surface area (Å²) in [5.74, 6) is -0.231. The van der Waals surface area contributed by atoms with Crippen LogP contribution < -0.4 is 0 Å². The molecule has 1 fully saturated rings. The number of aromatic nitrogens is 1. The third kappa shape index (κ3) is 3.74. The minimum absolute atomic E-state index is 0.231. The fourth-order valence-corrected chi connectivity index (χ4v) is 10.1. The molecular weight excluding hydrogens is 370 g/mol. The molecule has 1 aromatic heterocycles. The average molecular weight is 406 g/mol. The number of likely N-dealkylation sites (tertiary alicyclic amines) is 1. The SMILES string of the molecule is CCN(C)C(=O)N1C(=O)[C@H](O[Si](C(C)C)(C(C)C)C(C)C)[C@@H]1c1ccncc1. The maximum absolute atomic E-state index is 13.1. The van der Waals surface area contributed by atoms with E-state index in [0.29, 0.717) is 23.2 Å². The van der Waals surface area contributed by atoms with E-state index in [0.717, 1.165) is 5.56 Å². The summed E-state index contributed by atoms with van der Waals surface area (Å²) in [5, 5.41) is 0. The summed E-state index contributed by atoms with van der Waals surface area (Å²) in [6.07, 6.45) is 2.77. The molecule has 2 rings (SSSR count). The van der Waals surface area contributed by atoms with Crippen LogP contribution >= 0.6 is 0 Å². The smallest absolute Gasteiger partial charge is 0.327 e. The van der Waals surface area contributed by atoms with Crippen molar-refractivity contribution in [1.82, 2.24) is 14.8 Å². The molecule has 156 valence electrons. The minimum atomic E-state index is -2.26. The van der Waals surface area contributed by atoms with Gasteiger partial charge in [0.25, 0.3) is 5.91 Å². The lowest BCUT2D eigenvalue weighted by molar-refractivity contribution is -0.159. The van der Waals surface area contributed by atoms with Crippen molar-refractivity contribution >= 4 is 20.3 Å². The Kier molecular flexibility index (Phi) is 7.04. The first-order valence-electron chi connectivity index (χ1n) is 10.2. The Balaban J connectivity index is 2.45. The predicted octanol–water partition coefficient (Wildman–Crippen LogP) is 4.60. The third-order valence-corrected chi connectivity index (χ3v) is 12.2. The van der Waals surface area contributed by atoms with Crippen LogP contribution in [0.3, 0.4) is 0 Å². The predicted molar refractivity (Wildman–Crippen MR) is 113 cm³/mol. The second kappa shape index (κ2) is 8.74. The molecule has 1 aromatic rings. The number of amides is 3. The van der Waals surface area contributed by atoms with E-state index in [1.165, 1.54) is 4.90 Å². The van der Waals surface area contributed by atoms with Crippen molar-refractivity contribution in [1.29, 1.82) is 0 Å². The fraction of sp³-hybridized carbons (Fsp3) is 0.667. The molecule has 6 nitrogen and oxygen atoms in total. The summed E-state index contributed by atoms with van der Waals surface area (Å²) in [6, 6.07) is 3.05. The number of carbonyl (C=O) groups excluding carboxylic acids is 2.